The van der Waals surface area contributed by atoms with E-state index in [9.17, 15) is 23.4 Å². The zero-order chi connectivity index (χ0) is 21.5. The number of hydrogen-bond acceptors (Lipinski definition) is 5. The number of ether oxygens (including phenoxy) is 1. The maximum absolute atomic E-state index is 13.2. The van der Waals surface area contributed by atoms with E-state index in [1.165, 1.54) is 6.07 Å². The molecule has 1 fully saturated rings. The average molecular weight is 489 g/mol. The summed E-state index contributed by atoms with van der Waals surface area (Å²) in [6.07, 6.45) is 0.883. The first-order chi connectivity index (χ1) is 13.6. The Labute approximate surface area is 194 Å². The van der Waals surface area contributed by atoms with Crippen molar-refractivity contribution in [3.63, 3.8) is 0 Å². The number of rotatable bonds is 9. The third kappa shape index (κ3) is 9.97. The molecule has 0 amide bonds. The summed E-state index contributed by atoms with van der Waals surface area (Å²) >= 11 is 0. The monoisotopic (exact) mass is 488 g/mol. The summed E-state index contributed by atoms with van der Waals surface area (Å²) in [7, 11) is 0. The van der Waals surface area contributed by atoms with Gasteiger partial charge in [-0.05, 0) is 43.0 Å². The number of aliphatic hydroxyl groups excluding tert-OH is 1. The van der Waals surface area contributed by atoms with Crippen molar-refractivity contribution in [3.8, 4) is 5.75 Å². The molecule has 0 bridgehead atoms. The Hall–Kier alpha value is -1.03. The van der Waals surface area contributed by atoms with E-state index >= 15 is 0 Å². The number of alkyl halides is 3. The molecule has 0 aliphatic carbocycles. The SMILES string of the molecule is CCC/C=C/c1cc(OCC(O)CN2CCC(O)(CN)CC2)cc(C(F)(F)F)c1.Cl.Cl. The van der Waals surface area contributed by atoms with Gasteiger partial charge in [-0.1, -0.05) is 25.5 Å². The largest absolute Gasteiger partial charge is 0.491 e. The first kappa shape index (κ1) is 30.0. The van der Waals surface area contributed by atoms with Gasteiger partial charge in [-0.25, -0.2) is 0 Å². The van der Waals surface area contributed by atoms with Crippen LogP contribution < -0.4 is 10.5 Å². The molecule has 0 aromatic heterocycles. The van der Waals surface area contributed by atoms with Crippen molar-refractivity contribution >= 4 is 30.9 Å². The van der Waals surface area contributed by atoms with Gasteiger partial charge in [0.2, 0.25) is 0 Å². The first-order valence-corrected chi connectivity index (χ1v) is 10.00. The van der Waals surface area contributed by atoms with Gasteiger partial charge in [0.05, 0.1) is 11.2 Å². The molecule has 31 heavy (non-hydrogen) atoms. The molecule has 1 saturated heterocycles. The van der Waals surface area contributed by atoms with Gasteiger partial charge >= 0.3 is 6.18 Å². The fourth-order valence-corrected chi connectivity index (χ4v) is 3.25. The molecule has 1 aromatic rings. The molecule has 10 heteroatoms. The maximum Gasteiger partial charge on any atom is 0.416 e. The summed E-state index contributed by atoms with van der Waals surface area (Å²) in [6.45, 7) is 3.60. The summed E-state index contributed by atoms with van der Waals surface area (Å²) in [5.41, 5.74) is 4.35. The molecule has 5 nitrogen and oxygen atoms in total. The number of β-amino-alcohol motifs (C(OH)–C–C–N with tert-alkyl or cyclic N) is 1. The van der Waals surface area contributed by atoms with Crippen LogP contribution in [0.1, 0.15) is 43.7 Å². The fraction of sp³-hybridized carbons (Fsp3) is 0.619. The summed E-state index contributed by atoms with van der Waals surface area (Å²) in [6, 6.07) is 3.57. The van der Waals surface area contributed by atoms with Crippen molar-refractivity contribution in [2.45, 2.75) is 50.5 Å². The normalized spacial score (nSPS) is 17.6. The standard InChI is InChI=1S/C21H31F3N2O3.2ClH/c1-2-3-4-5-16-10-17(21(22,23)24)12-19(11-16)29-14-18(27)13-26-8-6-20(28,15-25)7-9-26;;/h4-5,10-12,18,27-28H,2-3,6-9,13-15,25H2,1H3;2*1H/b5-4+;;. The lowest BCUT2D eigenvalue weighted by molar-refractivity contribution is -0.137. The second-order valence-electron chi connectivity index (χ2n) is 7.67. The Morgan fingerprint density at radius 3 is 2.42 bits per heavy atom. The minimum Gasteiger partial charge on any atom is -0.491 e. The molecule has 4 N–H and O–H groups in total. The Morgan fingerprint density at radius 2 is 1.87 bits per heavy atom. The van der Waals surface area contributed by atoms with Crippen molar-refractivity contribution in [1.82, 2.24) is 4.90 Å². The van der Waals surface area contributed by atoms with Crippen LogP contribution >= 0.6 is 24.8 Å². The second-order valence-corrected chi connectivity index (χ2v) is 7.67. The molecule has 1 atom stereocenters. The van der Waals surface area contributed by atoms with Crippen LogP contribution in [0.25, 0.3) is 6.08 Å². The van der Waals surface area contributed by atoms with Gasteiger partial charge in [-0.15, -0.1) is 24.8 Å². The maximum atomic E-state index is 13.2. The Morgan fingerprint density at radius 1 is 1.23 bits per heavy atom. The molecule has 0 radical (unpaired) electrons. The van der Waals surface area contributed by atoms with E-state index in [-0.39, 0.29) is 43.7 Å². The summed E-state index contributed by atoms with van der Waals surface area (Å²) in [5, 5.41) is 20.4. The average Bonchev–Trinajstić information content (AvgIpc) is 2.68. The van der Waals surface area contributed by atoms with Crippen molar-refractivity contribution in [2.75, 3.05) is 32.8 Å². The predicted molar refractivity (Wildman–Crippen MR) is 121 cm³/mol. The van der Waals surface area contributed by atoms with Gasteiger partial charge in [0.15, 0.2) is 0 Å². The number of piperidine rings is 1. The van der Waals surface area contributed by atoms with Gasteiger partial charge in [0, 0.05) is 26.2 Å². The van der Waals surface area contributed by atoms with E-state index in [0.717, 1.165) is 25.0 Å². The number of halogens is 5. The molecule has 1 aromatic carbocycles. The topological polar surface area (TPSA) is 79.0 Å². The van der Waals surface area contributed by atoms with Gasteiger partial charge in [-0.2, -0.15) is 13.2 Å². The van der Waals surface area contributed by atoms with E-state index in [4.69, 9.17) is 10.5 Å². The minimum atomic E-state index is -4.47. The zero-order valence-electron chi connectivity index (χ0n) is 17.6. The molecule has 1 unspecified atom stereocenters. The zero-order valence-corrected chi connectivity index (χ0v) is 19.2. The number of nitrogens with two attached hydrogens (primary N) is 1. The van der Waals surface area contributed by atoms with E-state index in [1.54, 1.807) is 6.08 Å². The Kier molecular flexibility index (Phi) is 13.1. The molecule has 0 saturated carbocycles. The highest BCUT2D eigenvalue weighted by molar-refractivity contribution is 5.85. The fourth-order valence-electron chi connectivity index (χ4n) is 3.25. The number of hydrogen-bond donors (Lipinski definition) is 3. The molecule has 180 valence electrons. The van der Waals surface area contributed by atoms with E-state index in [1.807, 2.05) is 17.9 Å². The second kappa shape index (κ2) is 13.5. The van der Waals surface area contributed by atoms with Crippen LogP contribution in [0.3, 0.4) is 0 Å². The van der Waals surface area contributed by atoms with E-state index in [0.29, 0.717) is 38.0 Å². The Balaban J connectivity index is 0.00000450. The number of benzene rings is 1. The highest BCUT2D eigenvalue weighted by Crippen LogP contribution is 2.33. The lowest BCUT2D eigenvalue weighted by atomic mass is 9.91. The molecule has 1 aliphatic rings. The van der Waals surface area contributed by atoms with Crippen LogP contribution in [-0.4, -0.2) is 59.6 Å². The van der Waals surface area contributed by atoms with Crippen molar-refractivity contribution in [2.24, 2.45) is 5.73 Å². The van der Waals surface area contributed by atoms with Crippen molar-refractivity contribution in [1.29, 1.82) is 0 Å². The highest BCUT2D eigenvalue weighted by atomic mass is 35.5. The lowest BCUT2D eigenvalue weighted by Crippen LogP contribution is -2.50. The molecule has 2 rings (SSSR count). The van der Waals surface area contributed by atoms with Gasteiger partial charge < -0.3 is 25.6 Å². The number of allylic oxidation sites excluding steroid dienone is 1. The lowest BCUT2D eigenvalue weighted by Gasteiger charge is -2.38. The van der Waals surface area contributed by atoms with Crippen LogP contribution in [-0.2, 0) is 6.18 Å². The smallest absolute Gasteiger partial charge is 0.416 e. The van der Waals surface area contributed by atoms with E-state index in [2.05, 4.69) is 0 Å². The van der Waals surface area contributed by atoms with Crippen molar-refractivity contribution < 1.29 is 28.1 Å². The molecular formula is C21H33Cl2F3N2O3. The first-order valence-electron chi connectivity index (χ1n) is 10.00. The minimum absolute atomic E-state index is 0. The van der Waals surface area contributed by atoms with Gasteiger partial charge in [-0.3, -0.25) is 0 Å². The highest BCUT2D eigenvalue weighted by Gasteiger charge is 2.32. The Bertz CT molecular complexity index is 682. The van der Waals surface area contributed by atoms with Gasteiger partial charge in [0.25, 0.3) is 0 Å². The summed E-state index contributed by atoms with van der Waals surface area (Å²) in [4.78, 5) is 1.99. The van der Waals surface area contributed by atoms with Crippen LogP contribution in [0.5, 0.6) is 5.75 Å². The molecule has 0 spiro atoms. The number of aliphatic hydroxyl groups is 2. The summed E-state index contributed by atoms with van der Waals surface area (Å²) < 4.78 is 45.0. The number of unbranched alkanes of at least 4 members (excludes halogenated alkanes) is 1. The third-order valence-electron chi connectivity index (χ3n) is 5.10. The molecular weight excluding hydrogens is 456 g/mol. The number of nitrogens with zero attached hydrogens (tertiary/aromatic N) is 1. The van der Waals surface area contributed by atoms with Crippen LogP contribution in [0.15, 0.2) is 24.3 Å². The quantitative estimate of drug-likeness (QED) is 0.491. The van der Waals surface area contributed by atoms with Crippen LogP contribution in [0.2, 0.25) is 0 Å². The number of likely N-dealkylation sites (tertiary alicyclic amines) is 1. The van der Waals surface area contributed by atoms with Gasteiger partial charge in [0.1, 0.15) is 18.5 Å². The summed E-state index contributed by atoms with van der Waals surface area (Å²) in [5.74, 6) is 0.0752. The molecule has 1 aliphatic heterocycles. The van der Waals surface area contributed by atoms with E-state index < -0.39 is 23.4 Å². The van der Waals surface area contributed by atoms with Crippen LogP contribution in [0, 0.1) is 0 Å². The molecule has 1 heterocycles. The van der Waals surface area contributed by atoms with Crippen LogP contribution in [0.4, 0.5) is 13.2 Å². The van der Waals surface area contributed by atoms with Crippen molar-refractivity contribution in [3.05, 3.63) is 35.4 Å². The predicted octanol–water partition coefficient (Wildman–Crippen LogP) is 3.89. The third-order valence-corrected chi connectivity index (χ3v) is 5.10.